The van der Waals surface area contributed by atoms with E-state index in [9.17, 15) is 18.0 Å². The lowest BCUT2D eigenvalue weighted by Gasteiger charge is -2.08. The van der Waals surface area contributed by atoms with E-state index in [1.54, 1.807) is 12.1 Å². The highest BCUT2D eigenvalue weighted by molar-refractivity contribution is 5.90. The second kappa shape index (κ2) is 7.47. The largest absolute Gasteiger partial charge is 0.411 e. The lowest BCUT2D eigenvalue weighted by atomic mass is 10.3. The summed E-state index contributed by atoms with van der Waals surface area (Å²) < 4.78 is 39.6. The van der Waals surface area contributed by atoms with Crippen LogP contribution in [0, 0.1) is 11.8 Å². The molecule has 0 aliphatic carbocycles. The zero-order valence-electron chi connectivity index (χ0n) is 10.3. The van der Waals surface area contributed by atoms with Gasteiger partial charge in [0.25, 0.3) is 5.91 Å². The normalized spacial score (nSPS) is 10.6. The van der Waals surface area contributed by atoms with E-state index < -0.39 is 25.3 Å². The molecule has 8 heteroatoms. The summed E-state index contributed by atoms with van der Waals surface area (Å²) in [6.45, 7) is -2.01. The van der Waals surface area contributed by atoms with Gasteiger partial charge in [-0.05, 0) is 18.1 Å². The molecule has 0 saturated heterocycles. The van der Waals surface area contributed by atoms with Gasteiger partial charge >= 0.3 is 6.18 Å². The number of ether oxygens (including phenoxy) is 1. The van der Waals surface area contributed by atoms with Crippen molar-refractivity contribution in [2.75, 3.05) is 25.1 Å². The van der Waals surface area contributed by atoms with Gasteiger partial charge in [0.15, 0.2) is 0 Å². The zero-order chi connectivity index (χ0) is 15.0. The topological polar surface area (TPSA) is 77.2 Å². The molecule has 1 amide bonds. The molecule has 1 heterocycles. The molecule has 0 aliphatic rings. The quantitative estimate of drug-likeness (QED) is 0.807. The van der Waals surface area contributed by atoms with E-state index in [1.165, 1.54) is 6.07 Å². The molecule has 5 nitrogen and oxygen atoms in total. The van der Waals surface area contributed by atoms with Crippen LogP contribution < -0.4 is 11.1 Å². The number of halogens is 3. The first-order valence-electron chi connectivity index (χ1n) is 5.51. The Balaban J connectivity index is 2.49. The molecule has 3 N–H and O–H groups in total. The van der Waals surface area contributed by atoms with Crippen LogP contribution in [0.15, 0.2) is 18.2 Å². The van der Waals surface area contributed by atoms with E-state index in [4.69, 9.17) is 5.73 Å². The van der Waals surface area contributed by atoms with Crippen molar-refractivity contribution in [2.45, 2.75) is 6.18 Å². The predicted molar refractivity (Wildman–Crippen MR) is 65.7 cm³/mol. The standard InChI is InChI=1S/C12H12F3N3O2/c13-12(14,15)8-20-7-11(19)18-10-5-1-3-9(17-10)4-2-6-16/h1,3,5H,6-8,16H2,(H,17,18,19). The van der Waals surface area contributed by atoms with Crippen LogP contribution in [0.1, 0.15) is 5.69 Å². The molecule has 0 bridgehead atoms. The third kappa shape index (κ3) is 6.72. The van der Waals surface area contributed by atoms with Crippen molar-refractivity contribution in [2.24, 2.45) is 5.73 Å². The molecule has 0 aromatic carbocycles. The van der Waals surface area contributed by atoms with Gasteiger partial charge in [0.05, 0.1) is 6.54 Å². The summed E-state index contributed by atoms with van der Waals surface area (Å²) in [4.78, 5) is 15.3. The number of nitrogens with one attached hydrogen (secondary N) is 1. The van der Waals surface area contributed by atoms with Crippen LogP contribution in [0.4, 0.5) is 19.0 Å². The van der Waals surface area contributed by atoms with Crippen LogP contribution in [0.5, 0.6) is 0 Å². The molecule has 0 unspecified atom stereocenters. The highest BCUT2D eigenvalue weighted by Gasteiger charge is 2.27. The van der Waals surface area contributed by atoms with Crippen molar-refractivity contribution >= 4 is 11.7 Å². The summed E-state index contributed by atoms with van der Waals surface area (Å²) in [6.07, 6.45) is -4.46. The van der Waals surface area contributed by atoms with E-state index in [2.05, 4.69) is 26.9 Å². The Labute approximate surface area is 113 Å². The first-order valence-corrected chi connectivity index (χ1v) is 5.51. The number of nitrogens with two attached hydrogens (primary N) is 1. The minimum Gasteiger partial charge on any atom is -0.362 e. The number of rotatable bonds is 4. The molecule has 0 radical (unpaired) electrons. The summed E-state index contributed by atoms with van der Waals surface area (Å²) in [5.41, 5.74) is 5.60. The number of pyridine rings is 1. The smallest absolute Gasteiger partial charge is 0.362 e. The molecule has 0 aliphatic heterocycles. The number of hydrogen-bond acceptors (Lipinski definition) is 4. The molecule has 0 atom stereocenters. The molecular formula is C12H12F3N3O2. The Hall–Kier alpha value is -2.11. The monoisotopic (exact) mass is 287 g/mol. The van der Waals surface area contributed by atoms with Crippen molar-refractivity contribution in [3.63, 3.8) is 0 Å². The SMILES string of the molecule is NCC#Cc1cccc(NC(=O)COCC(F)(F)F)n1. The maximum absolute atomic E-state index is 11.8. The van der Waals surface area contributed by atoms with Crippen LogP contribution in [-0.2, 0) is 9.53 Å². The summed E-state index contributed by atoms with van der Waals surface area (Å²) in [6, 6.07) is 4.69. The molecule has 1 aromatic rings. The average Bonchev–Trinajstić information content (AvgIpc) is 2.35. The third-order valence-corrected chi connectivity index (χ3v) is 1.83. The highest BCUT2D eigenvalue weighted by atomic mass is 19.4. The number of nitrogens with zero attached hydrogens (tertiary/aromatic N) is 1. The van der Waals surface area contributed by atoms with Crippen LogP contribution in [0.2, 0.25) is 0 Å². The maximum Gasteiger partial charge on any atom is 0.411 e. The Bertz CT molecular complexity index is 521. The molecule has 108 valence electrons. The van der Waals surface area contributed by atoms with Gasteiger partial charge in [0.1, 0.15) is 24.7 Å². The molecule has 1 aromatic heterocycles. The van der Waals surface area contributed by atoms with Crippen molar-refractivity contribution in [1.82, 2.24) is 4.98 Å². The van der Waals surface area contributed by atoms with Crippen molar-refractivity contribution in [3.8, 4) is 11.8 Å². The lowest BCUT2D eigenvalue weighted by Crippen LogP contribution is -2.24. The van der Waals surface area contributed by atoms with E-state index in [1.807, 2.05) is 0 Å². The fourth-order valence-corrected chi connectivity index (χ4v) is 1.15. The van der Waals surface area contributed by atoms with Gasteiger partial charge in [0, 0.05) is 0 Å². The van der Waals surface area contributed by atoms with Gasteiger partial charge in [-0.3, -0.25) is 4.79 Å². The Morgan fingerprint density at radius 2 is 2.20 bits per heavy atom. The highest BCUT2D eigenvalue weighted by Crippen LogP contribution is 2.14. The number of carbonyl (C=O) groups is 1. The fraction of sp³-hybridized carbons (Fsp3) is 0.333. The van der Waals surface area contributed by atoms with E-state index in [0.29, 0.717) is 5.69 Å². The van der Waals surface area contributed by atoms with Gasteiger partial charge in [-0.2, -0.15) is 13.2 Å². The van der Waals surface area contributed by atoms with Crippen LogP contribution in [-0.4, -0.2) is 36.8 Å². The van der Waals surface area contributed by atoms with Crippen molar-refractivity contribution < 1.29 is 22.7 Å². The average molecular weight is 287 g/mol. The second-order valence-corrected chi connectivity index (χ2v) is 3.57. The number of carbonyl (C=O) groups excluding carboxylic acids is 1. The van der Waals surface area contributed by atoms with Crippen LogP contribution in [0.25, 0.3) is 0 Å². The maximum atomic E-state index is 11.8. The summed E-state index contributed by atoms with van der Waals surface area (Å²) in [5, 5.41) is 2.30. The summed E-state index contributed by atoms with van der Waals surface area (Å²) in [7, 11) is 0. The van der Waals surface area contributed by atoms with Crippen LogP contribution in [0.3, 0.4) is 0 Å². The van der Waals surface area contributed by atoms with E-state index in [-0.39, 0.29) is 12.4 Å². The molecule has 20 heavy (non-hydrogen) atoms. The third-order valence-electron chi connectivity index (χ3n) is 1.83. The minimum atomic E-state index is -4.46. The fourth-order valence-electron chi connectivity index (χ4n) is 1.15. The number of hydrogen-bond donors (Lipinski definition) is 2. The first kappa shape index (κ1) is 15.9. The molecule has 1 rings (SSSR count). The number of aromatic nitrogens is 1. The zero-order valence-corrected chi connectivity index (χ0v) is 10.3. The lowest BCUT2D eigenvalue weighted by molar-refractivity contribution is -0.174. The van der Waals surface area contributed by atoms with Crippen molar-refractivity contribution in [1.29, 1.82) is 0 Å². The number of alkyl halides is 3. The van der Waals surface area contributed by atoms with Crippen molar-refractivity contribution in [3.05, 3.63) is 23.9 Å². The molecule has 0 spiro atoms. The second-order valence-electron chi connectivity index (χ2n) is 3.57. The van der Waals surface area contributed by atoms with E-state index in [0.717, 1.165) is 0 Å². The van der Waals surface area contributed by atoms with Gasteiger partial charge in [-0.1, -0.05) is 12.0 Å². The predicted octanol–water partition coefficient (Wildman–Crippen LogP) is 0.909. The Morgan fingerprint density at radius 3 is 2.85 bits per heavy atom. The molecule has 0 saturated carbocycles. The minimum absolute atomic E-state index is 0.170. The van der Waals surface area contributed by atoms with Gasteiger partial charge < -0.3 is 15.8 Å². The Kier molecular flexibility index (Phi) is 5.96. The first-order chi connectivity index (χ1) is 9.40. The number of amides is 1. The summed E-state index contributed by atoms with van der Waals surface area (Å²) >= 11 is 0. The van der Waals surface area contributed by atoms with Gasteiger partial charge in [-0.15, -0.1) is 0 Å². The van der Waals surface area contributed by atoms with E-state index >= 15 is 0 Å². The Morgan fingerprint density at radius 1 is 1.45 bits per heavy atom. The van der Waals surface area contributed by atoms with Crippen LogP contribution >= 0.6 is 0 Å². The van der Waals surface area contributed by atoms with Gasteiger partial charge in [0.2, 0.25) is 0 Å². The van der Waals surface area contributed by atoms with Gasteiger partial charge in [-0.25, -0.2) is 4.98 Å². The molecule has 0 fully saturated rings. The number of anilines is 1. The summed E-state index contributed by atoms with van der Waals surface area (Å²) in [5.74, 6) is 4.70. The molecular weight excluding hydrogens is 275 g/mol.